The molecule has 1 aromatic heterocycles. The first-order valence-electron chi connectivity index (χ1n) is 6.78. The molecule has 0 fully saturated rings. The van der Waals surface area contributed by atoms with E-state index in [0.29, 0.717) is 21.6 Å². The quantitative estimate of drug-likeness (QED) is 0.694. The zero-order valence-corrected chi connectivity index (χ0v) is 15.2. The van der Waals surface area contributed by atoms with Gasteiger partial charge in [-0.2, -0.15) is 0 Å². The zero-order valence-electron chi connectivity index (χ0n) is 11.5. The van der Waals surface area contributed by atoms with Gasteiger partial charge in [-0.25, -0.2) is 4.98 Å². The second kappa shape index (κ2) is 6.22. The third kappa shape index (κ3) is 3.40. The minimum absolute atomic E-state index is 0.152. The number of aryl methyl sites for hydroxylation is 1. The van der Waals surface area contributed by atoms with Crippen molar-refractivity contribution < 1.29 is 4.79 Å². The number of halogens is 2. The van der Waals surface area contributed by atoms with Gasteiger partial charge in [0, 0.05) is 13.5 Å². The standard InChI is InChI=1S/C15H14ClIN2OS/c1-8-2-5-12-13(6-8)21-15(18-12)19-14(20)10-7-9(16)3-4-11(10)17/h3-4,7-8H,2,5-6H2,1H3,(H,18,19,20). The number of rotatable bonds is 2. The highest BCUT2D eigenvalue weighted by atomic mass is 127. The summed E-state index contributed by atoms with van der Waals surface area (Å²) in [6.07, 6.45) is 3.26. The molecule has 1 N–H and O–H groups in total. The number of nitrogens with one attached hydrogen (secondary N) is 1. The van der Waals surface area contributed by atoms with Crippen LogP contribution in [-0.2, 0) is 12.8 Å². The Balaban J connectivity index is 1.80. The monoisotopic (exact) mass is 432 g/mol. The van der Waals surface area contributed by atoms with E-state index in [2.05, 4.69) is 39.8 Å². The Morgan fingerprint density at radius 2 is 2.33 bits per heavy atom. The molecule has 1 aliphatic carbocycles. The smallest absolute Gasteiger partial charge is 0.258 e. The number of carbonyl (C=O) groups excluding carboxylic acids is 1. The molecule has 0 saturated carbocycles. The molecule has 0 bridgehead atoms. The van der Waals surface area contributed by atoms with Gasteiger partial charge in [0.2, 0.25) is 0 Å². The molecule has 3 nitrogen and oxygen atoms in total. The number of hydrogen-bond donors (Lipinski definition) is 1. The van der Waals surface area contributed by atoms with Gasteiger partial charge in [0.05, 0.1) is 11.3 Å². The van der Waals surface area contributed by atoms with E-state index in [1.54, 1.807) is 23.5 Å². The molecular weight excluding hydrogens is 419 g/mol. The maximum atomic E-state index is 12.4. The Labute approximate surface area is 146 Å². The van der Waals surface area contributed by atoms with Crippen molar-refractivity contribution in [1.82, 2.24) is 4.98 Å². The number of carbonyl (C=O) groups is 1. The predicted molar refractivity (Wildman–Crippen MR) is 95.4 cm³/mol. The van der Waals surface area contributed by atoms with Crippen LogP contribution in [0.3, 0.4) is 0 Å². The summed E-state index contributed by atoms with van der Waals surface area (Å²) in [6.45, 7) is 2.26. The van der Waals surface area contributed by atoms with Gasteiger partial charge < -0.3 is 0 Å². The fourth-order valence-corrected chi connectivity index (χ4v) is 4.35. The minimum atomic E-state index is -0.152. The Kier molecular flexibility index (Phi) is 4.51. The highest BCUT2D eigenvalue weighted by molar-refractivity contribution is 14.1. The molecule has 1 amide bonds. The number of thiazole rings is 1. The van der Waals surface area contributed by atoms with E-state index in [4.69, 9.17) is 11.6 Å². The van der Waals surface area contributed by atoms with Crippen LogP contribution in [0, 0.1) is 9.49 Å². The molecule has 1 aromatic carbocycles. The van der Waals surface area contributed by atoms with Gasteiger partial charge in [-0.15, -0.1) is 11.3 Å². The average molecular weight is 433 g/mol. The summed E-state index contributed by atoms with van der Waals surface area (Å²) in [5.74, 6) is 0.552. The van der Waals surface area contributed by atoms with Crippen LogP contribution in [0.15, 0.2) is 18.2 Å². The van der Waals surface area contributed by atoms with Crippen molar-refractivity contribution in [3.05, 3.63) is 42.9 Å². The summed E-state index contributed by atoms with van der Waals surface area (Å²) >= 11 is 9.70. The van der Waals surface area contributed by atoms with Crippen molar-refractivity contribution in [3.63, 3.8) is 0 Å². The van der Waals surface area contributed by atoms with Gasteiger partial charge in [-0.1, -0.05) is 18.5 Å². The molecule has 1 aliphatic rings. The fourth-order valence-electron chi connectivity index (χ4n) is 2.43. The zero-order chi connectivity index (χ0) is 15.0. The first-order valence-corrected chi connectivity index (χ1v) is 9.05. The topological polar surface area (TPSA) is 42.0 Å². The normalized spacial score (nSPS) is 17.4. The van der Waals surface area contributed by atoms with Crippen molar-refractivity contribution >= 4 is 56.6 Å². The van der Waals surface area contributed by atoms with E-state index in [0.717, 1.165) is 22.1 Å². The van der Waals surface area contributed by atoms with Gasteiger partial charge in [0.1, 0.15) is 0 Å². The summed E-state index contributed by atoms with van der Waals surface area (Å²) in [5, 5.41) is 4.16. The van der Waals surface area contributed by atoms with E-state index in [1.807, 2.05) is 6.07 Å². The van der Waals surface area contributed by atoms with Crippen molar-refractivity contribution in [2.75, 3.05) is 5.32 Å². The molecule has 2 aromatic rings. The van der Waals surface area contributed by atoms with Gasteiger partial charge >= 0.3 is 0 Å². The van der Waals surface area contributed by atoms with E-state index < -0.39 is 0 Å². The summed E-state index contributed by atoms with van der Waals surface area (Å²) in [5.41, 5.74) is 1.74. The maximum absolute atomic E-state index is 12.4. The van der Waals surface area contributed by atoms with Gasteiger partial charge in [-0.3, -0.25) is 10.1 Å². The predicted octanol–water partition coefficient (Wildman–Crippen LogP) is 4.78. The van der Waals surface area contributed by atoms with E-state index in [9.17, 15) is 4.79 Å². The average Bonchev–Trinajstić information content (AvgIpc) is 2.82. The number of aromatic nitrogens is 1. The lowest BCUT2D eigenvalue weighted by Gasteiger charge is -2.15. The highest BCUT2D eigenvalue weighted by Crippen LogP contribution is 2.32. The first-order chi connectivity index (χ1) is 10.0. The number of nitrogens with zero attached hydrogens (tertiary/aromatic N) is 1. The van der Waals surface area contributed by atoms with Crippen LogP contribution in [-0.4, -0.2) is 10.9 Å². The van der Waals surface area contributed by atoms with E-state index in [1.165, 1.54) is 11.3 Å². The van der Waals surface area contributed by atoms with Crippen LogP contribution in [0.25, 0.3) is 0 Å². The van der Waals surface area contributed by atoms with Crippen molar-refractivity contribution in [1.29, 1.82) is 0 Å². The Morgan fingerprint density at radius 3 is 3.14 bits per heavy atom. The fraction of sp³-hybridized carbons (Fsp3) is 0.333. The number of benzene rings is 1. The van der Waals surface area contributed by atoms with Crippen molar-refractivity contribution in [3.8, 4) is 0 Å². The van der Waals surface area contributed by atoms with Gasteiger partial charge in [0.15, 0.2) is 5.13 Å². The van der Waals surface area contributed by atoms with Crippen LogP contribution in [0.1, 0.15) is 34.3 Å². The van der Waals surface area contributed by atoms with Crippen molar-refractivity contribution in [2.24, 2.45) is 5.92 Å². The second-order valence-corrected chi connectivity index (χ2v) is 8.00. The molecule has 21 heavy (non-hydrogen) atoms. The Hall–Kier alpha value is -0.660. The number of hydrogen-bond acceptors (Lipinski definition) is 3. The lowest BCUT2D eigenvalue weighted by Crippen LogP contribution is -2.13. The highest BCUT2D eigenvalue weighted by Gasteiger charge is 2.21. The maximum Gasteiger partial charge on any atom is 0.258 e. The van der Waals surface area contributed by atoms with Gasteiger partial charge in [-0.05, 0) is 66.0 Å². The minimum Gasteiger partial charge on any atom is -0.298 e. The molecule has 0 aliphatic heterocycles. The number of fused-ring (bicyclic) bond motifs is 1. The lowest BCUT2D eigenvalue weighted by atomic mass is 9.93. The van der Waals surface area contributed by atoms with E-state index in [-0.39, 0.29) is 5.91 Å². The Morgan fingerprint density at radius 1 is 1.52 bits per heavy atom. The third-order valence-corrected chi connectivity index (χ3v) is 5.79. The molecule has 1 unspecified atom stereocenters. The second-order valence-electron chi connectivity index (χ2n) is 5.32. The summed E-state index contributed by atoms with van der Waals surface area (Å²) < 4.78 is 0.879. The molecule has 110 valence electrons. The van der Waals surface area contributed by atoms with Gasteiger partial charge in [0.25, 0.3) is 5.91 Å². The lowest BCUT2D eigenvalue weighted by molar-refractivity contribution is 0.102. The molecule has 1 atom stereocenters. The van der Waals surface area contributed by atoms with Crippen LogP contribution < -0.4 is 5.32 Å². The Bertz CT molecular complexity index is 701. The van der Waals surface area contributed by atoms with Crippen LogP contribution in [0.4, 0.5) is 5.13 Å². The SMILES string of the molecule is CC1CCc2nc(NC(=O)c3cc(Cl)ccc3I)sc2C1. The van der Waals surface area contributed by atoms with Crippen LogP contribution in [0.5, 0.6) is 0 Å². The molecule has 0 spiro atoms. The molecule has 0 radical (unpaired) electrons. The molecule has 0 saturated heterocycles. The molecular formula is C15H14ClIN2OS. The largest absolute Gasteiger partial charge is 0.298 e. The first kappa shape index (κ1) is 15.2. The summed E-state index contributed by atoms with van der Waals surface area (Å²) in [7, 11) is 0. The number of amides is 1. The van der Waals surface area contributed by atoms with Crippen LogP contribution in [0.2, 0.25) is 5.02 Å². The summed E-state index contributed by atoms with van der Waals surface area (Å²) in [6, 6.07) is 5.31. The van der Waals surface area contributed by atoms with E-state index >= 15 is 0 Å². The third-order valence-electron chi connectivity index (χ3n) is 3.58. The van der Waals surface area contributed by atoms with Crippen molar-refractivity contribution in [2.45, 2.75) is 26.2 Å². The molecule has 6 heteroatoms. The molecule has 3 rings (SSSR count). The summed E-state index contributed by atoms with van der Waals surface area (Å²) in [4.78, 5) is 18.2. The number of anilines is 1. The van der Waals surface area contributed by atoms with Crippen LogP contribution >= 0.6 is 45.5 Å². The molecule has 1 heterocycles.